The third kappa shape index (κ3) is 2.66. The molecule has 2 unspecified atom stereocenters. The van der Waals surface area contributed by atoms with E-state index in [9.17, 15) is 0 Å². The highest BCUT2D eigenvalue weighted by molar-refractivity contribution is 6.36. The van der Waals surface area contributed by atoms with Gasteiger partial charge in [-0.2, -0.15) is 0 Å². The molecule has 70 valence electrons. The fraction of sp³-hybridized carbons (Fsp3) is 1.00. The summed E-state index contributed by atoms with van der Waals surface area (Å²) in [6.45, 7) is -1.53. The van der Waals surface area contributed by atoms with Crippen LogP contribution in [0.1, 0.15) is 0 Å². The molecule has 0 saturated carbocycles. The van der Waals surface area contributed by atoms with Gasteiger partial charge < -0.3 is 20.8 Å². The monoisotopic (exact) mass is 194 g/mol. The van der Waals surface area contributed by atoms with E-state index in [0.717, 1.165) is 0 Å². The molecule has 1 rings (SSSR count). The van der Waals surface area contributed by atoms with E-state index in [0.29, 0.717) is 0 Å². The largest absolute Gasteiger partial charge is 0.912 e. The predicted octanol–water partition coefficient (Wildman–Crippen LogP) is -0.459. The zero-order valence-electron chi connectivity index (χ0n) is 7.18. The van der Waals surface area contributed by atoms with Crippen molar-refractivity contribution < 1.29 is 25.6 Å². The molecule has 0 spiro atoms. The zero-order valence-corrected chi connectivity index (χ0v) is 8.34. The van der Waals surface area contributed by atoms with E-state index in [1.54, 1.807) is 0 Å². The molecule has 0 aliphatic carbocycles. The average molecular weight is 194 g/mol. The van der Waals surface area contributed by atoms with Gasteiger partial charge in [0, 0.05) is 21.3 Å². The molecule has 0 aromatic rings. The second-order valence-corrected chi connectivity index (χ2v) is 3.57. The first-order chi connectivity index (χ1) is 5.80. The van der Waals surface area contributed by atoms with Crippen molar-refractivity contribution in [3.8, 4) is 0 Å². The zero-order chi connectivity index (χ0) is 8.97. The van der Waals surface area contributed by atoms with Crippen molar-refractivity contribution in [3.63, 3.8) is 0 Å². The van der Waals surface area contributed by atoms with Gasteiger partial charge in [-0.15, -0.1) is 0 Å². The maximum Gasteiger partial charge on any atom is 0.912 e. The van der Waals surface area contributed by atoms with Crippen LogP contribution in [0.2, 0.25) is 0 Å². The molecule has 6 nitrogen and oxygen atoms in total. The first-order valence-electron chi connectivity index (χ1n) is 3.35. The molecule has 0 radical (unpaired) electrons. The van der Waals surface area contributed by atoms with Crippen molar-refractivity contribution >= 4 is 15.1 Å². The van der Waals surface area contributed by atoms with Crippen LogP contribution in [-0.4, -0.2) is 49.4 Å². The van der Waals surface area contributed by atoms with Crippen LogP contribution in [-0.2, 0) is 25.6 Å². The molecule has 1 aliphatic heterocycles. The standard InChI is InChI=1S/C4H8O5.CH3O.Al/c1-7-3(5)9-4(6)8-2;1-2;/h3-4H,1-2H3;1H3;/q-2;-1;+3. The van der Waals surface area contributed by atoms with Crippen LogP contribution in [0.25, 0.3) is 0 Å². The van der Waals surface area contributed by atoms with Gasteiger partial charge in [-0.1, -0.05) is 0 Å². The summed E-state index contributed by atoms with van der Waals surface area (Å²) in [6, 6.07) is 0. The second-order valence-electron chi connectivity index (χ2n) is 1.98. The quantitative estimate of drug-likeness (QED) is 0.567. The van der Waals surface area contributed by atoms with Gasteiger partial charge in [0.2, 0.25) is 0 Å². The Bertz CT molecular complexity index is 103. The summed E-state index contributed by atoms with van der Waals surface area (Å²) < 4.78 is 29.7. The molecule has 12 heavy (non-hydrogen) atoms. The fourth-order valence-corrected chi connectivity index (χ4v) is 1.70. The normalized spacial score (nSPS) is 30.8. The smallest absolute Gasteiger partial charge is 0.457 e. The van der Waals surface area contributed by atoms with Crippen LogP contribution in [0.4, 0.5) is 0 Å². The van der Waals surface area contributed by atoms with Gasteiger partial charge >= 0.3 is 15.1 Å². The topological polar surface area (TPSA) is 55.4 Å². The maximum absolute atomic E-state index is 5.09. The minimum absolute atomic E-state index is 0.764. The van der Waals surface area contributed by atoms with Gasteiger partial charge in [-0.3, -0.25) is 4.74 Å². The van der Waals surface area contributed by atoms with E-state index >= 15 is 0 Å². The lowest BCUT2D eigenvalue weighted by atomic mass is 11.1. The van der Waals surface area contributed by atoms with Gasteiger partial charge in [0.05, 0.1) is 0 Å². The van der Waals surface area contributed by atoms with Crippen molar-refractivity contribution in [2.24, 2.45) is 0 Å². The number of ether oxygens (including phenoxy) is 3. The summed E-state index contributed by atoms with van der Waals surface area (Å²) in [6.07, 6.45) is 0. The van der Waals surface area contributed by atoms with Crippen LogP contribution in [0.15, 0.2) is 0 Å². The molecule has 1 aliphatic rings. The highest BCUT2D eigenvalue weighted by Crippen LogP contribution is 2.13. The molecular formula is C5H11AlO6. The SMILES string of the molecule is COC1OC(OC)[O][Al]([O]C)[O]1. The number of methoxy groups -OCH3 is 2. The van der Waals surface area contributed by atoms with Crippen molar-refractivity contribution in [1.29, 1.82) is 0 Å². The maximum atomic E-state index is 5.09. The van der Waals surface area contributed by atoms with Crippen LogP contribution in [0, 0.1) is 0 Å². The number of hydrogen-bond acceptors (Lipinski definition) is 6. The van der Waals surface area contributed by atoms with Crippen LogP contribution in [0.3, 0.4) is 0 Å². The molecule has 0 aromatic heterocycles. The molecule has 1 fully saturated rings. The highest BCUT2D eigenvalue weighted by atomic mass is 27.3. The summed E-state index contributed by atoms with van der Waals surface area (Å²) in [4.78, 5) is 0. The fourth-order valence-electron chi connectivity index (χ4n) is 0.702. The third-order valence-electron chi connectivity index (χ3n) is 1.24. The third-order valence-corrected chi connectivity index (χ3v) is 2.52. The lowest BCUT2D eigenvalue weighted by Crippen LogP contribution is -2.46. The van der Waals surface area contributed by atoms with Gasteiger partial charge in [-0.05, 0) is 0 Å². The molecule has 7 heteroatoms. The van der Waals surface area contributed by atoms with Crippen LogP contribution >= 0.6 is 0 Å². The molecule has 0 bridgehead atoms. The van der Waals surface area contributed by atoms with E-state index in [2.05, 4.69) is 0 Å². The van der Waals surface area contributed by atoms with E-state index in [4.69, 9.17) is 25.6 Å². The molecule has 0 aromatic carbocycles. The van der Waals surface area contributed by atoms with Crippen molar-refractivity contribution in [3.05, 3.63) is 0 Å². The van der Waals surface area contributed by atoms with Crippen molar-refractivity contribution in [2.45, 2.75) is 13.0 Å². The Morgan fingerprint density at radius 1 is 1.00 bits per heavy atom. The Labute approximate surface area is 75.6 Å². The lowest BCUT2D eigenvalue weighted by Gasteiger charge is -2.30. The Morgan fingerprint density at radius 3 is 1.83 bits per heavy atom. The van der Waals surface area contributed by atoms with Gasteiger partial charge in [0.1, 0.15) is 0 Å². The molecule has 1 heterocycles. The minimum atomic E-state index is -2.13. The Hall–Kier alpha value is 0.292. The minimum Gasteiger partial charge on any atom is -0.457 e. The van der Waals surface area contributed by atoms with Gasteiger partial charge in [-0.25, -0.2) is 0 Å². The van der Waals surface area contributed by atoms with E-state index < -0.39 is 28.1 Å². The lowest BCUT2D eigenvalue weighted by molar-refractivity contribution is -0.391. The Balaban J connectivity index is 2.41. The molecule has 1 saturated heterocycles. The van der Waals surface area contributed by atoms with Crippen molar-refractivity contribution in [1.82, 2.24) is 0 Å². The van der Waals surface area contributed by atoms with E-state index in [1.165, 1.54) is 21.3 Å². The average Bonchev–Trinajstić information content (AvgIpc) is 2.16. The summed E-state index contributed by atoms with van der Waals surface area (Å²) in [7, 11) is 4.43. The Morgan fingerprint density at radius 2 is 1.50 bits per heavy atom. The van der Waals surface area contributed by atoms with Crippen LogP contribution in [0.5, 0.6) is 0 Å². The molecule has 2 atom stereocenters. The molecule has 0 N–H and O–H groups in total. The van der Waals surface area contributed by atoms with Crippen LogP contribution < -0.4 is 0 Å². The van der Waals surface area contributed by atoms with Crippen molar-refractivity contribution in [2.75, 3.05) is 21.3 Å². The Kier molecular flexibility index (Phi) is 4.42. The summed E-state index contributed by atoms with van der Waals surface area (Å²) in [5.41, 5.74) is 0. The highest BCUT2D eigenvalue weighted by Gasteiger charge is 2.42. The predicted molar refractivity (Wildman–Crippen MR) is 37.6 cm³/mol. The second kappa shape index (κ2) is 5.12. The van der Waals surface area contributed by atoms with Gasteiger partial charge in [0.25, 0.3) is 13.0 Å². The van der Waals surface area contributed by atoms with Gasteiger partial charge in [0.15, 0.2) is 0 Å². The first-order valence-corrected chi connectivity index (χ1v) is 4.76. The summed E-state index contributed by atoms with van der Waals surface area (Å²) >= 11 is -2.13. The summed E-state index contributed by atoms with van der Waals surface area (Å²) in [5.74, 6) is 0. The van der Waals surface area contributed by atoms with E-state index in [1.807, 2.05) is 0 Å². The number of rotatable bonds is 3. The molecular weight excluding hydrogens is 183 g/mol. The van der Waals surface area contributed by atoms with E-state index in [-0.39, 0.29) is 0 Å². The number of hydrogen-bond donors (Lipinski definition) is 0. The first kappa shape index (κ1) is 10.4. The summed E-state index contributed by atoms with van der Waals surface area (Å²) in [5, 5.41) is 0. The molecule has 0 amide bonds.